The third-order valence-corrected chi connectivity index (χ3v) is 14.6. The summed E-state index contributed by atoms with van der Waals surface area (Å²) in [6.45, 7) is 8.06. The van der Waals surface area contributed by atoms with E-state index in [0.29, 0.717) is 22.4 Å². The van der Waals surface area contributed by atoms with Gasteiger partial charge in [-0.2, -0.15) is 0 Å². The standard InChI is InChI=1S/C63H77N15O10/c1-35(2)26-47(55(66)81)73-61(86)48(27-36(3)4)74-62(87)50(30-41-32-67-34-69-41)71-53(80)33-78-51-23-15-13-21-43(51)54(39-18-10-7-11-19-39)76-56(63(78)88)77-57(82)37(5)70-60(85)49(29-40-31-68-45-22-14-12-20-42(40)45)75-59(84)46(24-25-52(65)79)72-58(83)44(64)28-38-16-8-6-9-17-38/h6-23,31-32,34-37,44,46-50,56,68H,24-30,33,64H2,1-5H3,(H2,65,79)(H2,66,81)(H,67,69)(H,70,85)(H,71,80)(H,72,83)(H,73,86)(H,74,87)(H,75,84)(H,77,82)/t37-,44+,46-,47-,48-,49-,50-,56+/m0/s1. The van der Waals surface area contributed by atoms with Crippen LogP contribution in [0.4, 0.5) is 5.69 Å². The number of para-hydroxylation sites is 2. The number of imidazole rings is 1. The molecule has 15 N–H and O–H groups in total. The Labute approximate surface area is 509 Å². The number of primary amides is 2. The van der Waals surface area contributed by atoms with Gasteiger partial charge >= 0.3 is 0 Å². The summed E-state index contributed by atoms with van der Waals surface area (Å²) < 4.78 is 0. The highest BCUT2D eigenvalue weighted by molar-refractivity contribution is 6.21. The Hall–Kier alpha value is -10.0. The number of aromatic amines is 2. The minimum absolute atomic E-state index is 0.000320. The Morgan fingerprint density at radius 3 is 1.85 bits per heavy atom. The average Bonchev–Trinajstić information content (AvgIpc) is 2.07. The second kappa shape index (κ2) is 30.9. The molecule has 1 aliphatic heterocycles. The first kappa shape index (κ1) is 65.5. The van der Waals surface area contributed by atoms with Crippen molar-refractivity contribution in [3.8, 4) is 0 Å². The molecule has 4 aromatic carbocycles. The lowest BCUT2D eigenvalue weighted by molar-refractivity contribution is -0.134. The summed E-state index contributed by atoms with van der Waals surface area (Å²) in [4.78, 5) is 155. The Morgan fingerprint density at radius 1 is 0.602 bits per heavy atom. The van der Waals surface area contributed by atoms with Gasteiger partial charge in [0.25, 0.3) is 5.91 Å². The number of aliphatic imine (C=N–C) groups is 1. The molecule has 88 heavy (non-hydrogen) atoms. The third kappa shape index (κ3) is 18.2. The molecule has 25 heteroatoms. The molecule has 0 radical (unpaired) electrons. The molecule has 8 atom stereocenters. The van der Waals surface area contributed by atoms with Crippen LogP contribution in [0, 0.1) is 11.8 Å². The fraction of sp³-hybridized carbons (Fsp3) is 0.365. The van der Waals surface area contributed by atoms with Crippen molar-refractivity contribution in [2.45, 2.75) is 128 Å². The molecule has 0 fully saturated rings. The van der Waals surface area contributed by atoms with Crippen LogP contribution in [-0.4, -0.2) is 135 Å². The molecule has 0 bridgehead atoms. The number of benzene rings is 4. The number of carbonyl (C=O) groups excluding carboxylic acids is 10. The van der Waals surface area contributed by atoms with Crippen LogP contribution < -0.4 is 59.3 Å². The van der Waals surface area contributed by atoms with E-state index in [1.54, 1.807) is 91.1 Å². The Kier molecular flexibility index (Phi) is 23.0. The fourth-order valence-corrected chi connectivity index (χ4v) is 10.1. The van der Waals surface area contributed by atoms with Crippen LogP contribution >= 0.6 is 0 Å². The van der Waals surface area contributed by atoms with Crippen LogP contribution in [0.25, 0.3) is 10.9 Å². The second-order valence-corrected chi connectivity index (χ2v) is 22.6. The topological polar surface area (TPSA) is 393 Å². The van der Waals surface area contributed by atoms with Gasteiger partial charge in [-0.15, -0.1) is 0 Å². The van der Waals surface area contributed by atoms with Crippen molar-refractivity contribution in [3.63, 3.8) is 0 Å². The molecule has 7 rings (SSSR count). The molecule has 0 unspecified atom stereocenters. The van der Waals surface area contributed by atoms with E-state index < -0.39 is 114 Å². The number of hydrogen-bond acceptors (Lipinski definition) is 13. The van der Waals surface area contributed by atoms with Gasteiger partial charge in [0.1, 0.15) is 42.8 Å². The first-order valence-electron chi connectivity index (χ1n) is 29.1. The van der Waals surface area contributed by atoms with Crippen LogP contribution in [-0.2, 0) is 67.2 Å². The maximum Gasteiger partial charge on any atom is 0.272 e. The summed E-state index contributed by atoms with van der Waals surface area (Å²) >= 11 is 0. The molecule has 3 heterocycles. The van der Waals surface area contributed by atoms with Gasteiger partial charge < -0.3 is 64.4 Å². The van der Waals surface area contributed by atoms with Crippen molar-refractivity contribution in [3.05, 3.63) is 156 Å². The number of benzodiazepines with no additional fused rings is 1. The van der Waals surface area contributed by atoms with E-state index in [1.807, 2.05) is 52.0 Å². The monoisotopic (exact) mass is 1200 g/mol. The number of nitrogens with zero attached hydrogens (tertiary/aromatic N) is 3. The van der Waals surface area contributed by atoms with Crippen LogP contribution in [0.1, 0.15) is 88.2 Å². The minimum Gasteiger partial charge on any atom is -0.370 e. The number of fused-ring (bicyclic) bond motifs is 2. The number of nitrogens with two attached hydrogens (primary N) is 3. The maximum absolute atomic E-state index is 15.1. The second-order valence-electron chi connectivity index (χ2n) is 22.6. The lowest BCUT2D eigenvalue weighted by atomic mass is 9.99. The number of carbonyl (C=O) groups is 10. The van der Waals surface area contributed by atoms with Crippen molar-refractivity contribution in [2.24, 2.45) is 34.0 Å². The zero-order valence-electron chi connectivity index (χ0n) is 49.7. The number of amides is 10. The maximum atomic E-state index is 15.1. The Morgan fingerprint density at radius 2 is 1.18 bits per heavy atom. The van der Waals surface area contributed by atoms with E-state index in [4.69, 9.17) is 22.2 Å². The molecule has 0 saturated carbocycles. The summed E-state index contributed by atoms with van der Waals surface area (Å²) in [5, 5.41) is 19.6. The third-order valence-electron chi connectivity index (χ3n) is 14.6. The number of nitrogens with one attached hydrogen (secondary N) is 9. The molecule has 1 aliphatic rings. The smallest absolute Gasteiger partial charge is 0.272 e. The van der Waals surface area contributed by atoms with E-state index >= 15 is 4.79 Å². The Balaban J connectivity index is 1.14. The molecule has 10 amide bonds. The molecule has 464 valence electrons. The highest BCUT2D eigenvalue weighted by atomic mass is 16.2. The van der Waals surface area contributed by atoms with E-state index in [0.717, 1.165) is 21.4 Å². The van der Waals surface area contributed by atoms with Gasteiger partial charge in [-0.05, 0) is 67.7 Å². The first-order chi connectivity index (χ1) is 42.0. The van der Waals surface area contributed by atoms with Gasteiger partial charge in [0, 0.05) is 59.4 Å². The highest BCUT2D eigenvalue weighted by Gasteiger charge is 2.38. The van der Waals surface area contributed by atoms with Gasteiger partial charge in [0.2, 0.25) is 59.3 Å². The molecular weight excluding hydrogens is 1130 g/mol. The van der Waals surface area contributed by atoms with Crippen molar-refractivity contribution in [1.82, 2.24) is 52.2 Å². The van der Waals surface area contributed by atoms with E-state index in [-0.39, 0.29) is 68.2 Å². The molecule has 0 spiro atoms. The van der Waals surface area contributed by atoms with Gasteiger partial charge in [-0.3, -0.25) is 52.8 Å². The zero-order valence-corrected chi connectivity index (χ0v) is 49.7. The van der Waals surface area contributed by atoms with Gasteiger partial charge in [-0.1, -0.05) is 125 Å². The van der Waals surface area contributed by atoms with Crippen molar-refractivity contribution >= 4 is 81.4 Å². The summed E-state index contributed by atoms with van der Waals surface area (Å²) in [5.74, 6) is -8.03. The molecule has 25 nitrogen and oxygen atoms in total. The number of anilines is 1. The molecular formula is C63H77N15O10. The van der Waals surface area contributed by atoms with Gasteiger partial charge in [-0.25, -0.2) is 9.98 Å². The van der Waals surface area contributed by atoms with Crippen LogP contribution in [0.5, 0.6) is 0 Å². The van der Waals surface area contributed by atoms with Crippen molar-refractivity contribution < 1.29 is 47.9 Å². The zero-order chi connectivity index (χ0) is 63.6. The van der Waals surface area contributed by atoms with Gasteiger partial charge in [0.05, 0.1) is 23.8 Å². The number of aromatic nitrogens is 3. The average molecular weight is 1200 g/mol. The Bertz CT molecular complexity index is 3480. The van der Waals surface area contributed by atoms with Crippen molar-refractivity contribution in [1.29, 1.82) is 0 Å². The minimum atomic E-state index is -1.74. The lowest BCUT2D eigenvalue weighted by Gasteiger charge is -2.28. The fourth-order valence-electron chi connectivity index (χ4n) is 10.1. The van der Waals surface area contributed by atoms with E-state index in [9.17, 15) is 43.2 Å². The SMILES string of the molecule is CC(C)C[C@H](NC(=O)[C@H](CC(C)C)NC(=O)[C@H](Cc1cnc[nH]1)NC(=O)CN1C(=O)[C@@H](NC(=O)[C@H](C)NC(=O)[C@H](Cc2c[nH]c3ccccc23)NC(=O)[C@H](CCC(N)=O)NC(=O)[C@H](N)Cc2ccccc2)N=C(c2ccccc2)c2ccccc21)C(N)=O. The van der Waals surface area contributed by atoms with E-state index in [2.05, 4.69) is 52.2 Å². The van der Waals surface area contributed by atoms with Gasteiger partial charge in [0.15, 0.2) is 0 Å². The van der Waals surface area contributed by atoms with Crippen LogP contribution in [0.2, 0.25) is 0 Å². The predicted octanol–water partition coefficient (Wildman–Crippen LogP) is 1.34. The normalized spacial score (nSPS) is 15.4. The van der Waals surface area contributed by atoms with E-state index in [1.165, 1.54) is 19.4 Å². The number of rotatable bonds is 30. The van der Waals surface area contributed by atoms with Crippen molar-refractivity contribution in [2.75, 3.05) is 11.4 Å². The molecule has 0 aliphatic carbocycles. The summed E-state index contributed by atoms with van der Waals surface area (Å²) in [7, 11) is 0. The molecule has 0 saturated heterocycles. The molecule has 6 aromatic rings. The lowest BCUT2D eigenvalue weighted by Crippen LogP contribution is -2.59. The summed E-state index contributed by atoms with van der Waals surface area (Å²) in [5.41, 5.74) is 21.4. The summed E-state index contributed by atoms with van der Waals surface area (Å²) in [6, 6.07) is 22.8. The highest BCUT2D eigenvalue weighted by Crippen LogP contribution is 2.29. The first-order valence-corrected chi connectivity index (χ1v) is 29.1. The number of H-pyrrole nitrogens is 2. The quantitative estimate of drug-likeness (QED) is 0.0304. The molecule has 2 aromatic heterocycles. The largest absolute Gasteiger partial charge is 0.370 e. The number of hydrogen-bond donors (Lipinski definition) is 12. The summed E-state index contributed by atoms with van der Waals surface area (Å²) in [6.07, 6.45) is 2.50. The van der Waals surface area contributed by atoms with Crippen LogP contribution in [0.3, 0.4) is 0 Å². The van der Waals surface area contributed by atoms with Crippen LogP contribution in [0.15, 0.2) is 133 Å². The predicted molar refractivity (Wildman–Crippen MR) is 329 cm³/mol.